The third-order valence-corrected chi connectivity index (χ3v) is 4.25. The maximum atomic E-state index is 12.8. The fourth-order valence-electron chi connectivity index (χ4n) is 2.19. The van der Waals surface area contributed by atoms with Gasteiger partial charge in [-0.25, -0.2) is 4.98 Å². The summed E-state index contributed by atoms with van der Waals surface area (Å²) in [7, 11) is 0. The minimum atomic E-state index is -0.0975. The van der Waals surface area contributed by atoms with Crippen LogP contribution >= 0.6 is 11.3 Å². The number of pyridine rings is 1. The van der Waals surface area contributed by atoms with E-state index in [0.29, 0.717) is 23.0 Å². The second-order valence-corrected chi connectivity index (χ2v) is 6.22. The Labute approximate surface area is 138 Å². The first kappa shape index (κ1) is 15.4. The minimum Gasteiger partial charge on any atom is -0.462 e. The van der Waals surface area contributed by atoms with Gasteiger partial charge < -0.3 is 9.32 Å². The van der Waals surface area contributed by atoms with E-state index in [1.165, 1.54) is 11.3 Å². The van der Waals surface area contributed by atoms with Crippen LogP contribution in [-0.2, 0) is 6.54 Å². The third kappa shape index (κ3) is 3.48. The second-order valence-electron chi connectivity index (χ2n) is 5.36. The summed E-state index contributed by atoms with van der Waals surface area (Å²) >= 11 is 1.40. The standard InChI is InChI=1S/C17H17N3O2S/c1-12(2)20(10-13-6-3-4-8-18-13)17(21)14-11-23-16(19-14)15-7-5-9-22-15/h3-9,11-12H,10H2,1-2H3. The quantitative estimate of drug-likeness (QED) is 0.714. The molecule has 0 radical (unpaired) electrons. The zero-order valence-corrected chi connectivity index (χ0v) is 13.8. The number of rotatable bonds is 5. The molecule has 0 aliphatic rings. The molecule has 3 aromatic rings. The van der Waals surface area contributed by atoms with Crippen LogP contribution in [0.15, 0.2) is 52.6 Å². The fraction of sp³-hybridized carbons (Fsp3) is 0.235. The Hall–Kier alpha value is -2.47. The predicted molar refractivity (Wildman–Crippen MR) is 89.1 cm³/mol. The van der Waals surface area contributed by atoms with E-state index in [4.69, 9.17) is 4.42 Å². The van der Waals surface area contributed by atoms with Crippen molar-refractivity contribution < 1.29 is 9.21 Å². The predicted octanol–water partition coefficient (Wildman–Crippen LogP) is 3.85. The molecule has 0 atom stereocenters. The molecule has 0 aliphatic heterocycles. The largest absolute Gasteiger partial charge is 0.462 e. The van der Waals surface area contributed by atoms with E-state index in [1.54, 1.807) is 28.8 Å². The van der Waals surface area contributed by atoms with Crippen LogP contribution in [0.1, 0.15) is 30.0 Å². The lowest BCUT2D eigenvalue weighted by atomic mass is 10.2. The van der Waals surface area contributed by atoms with Crippen LogP contribution in [0.25, 0.3) is 10.8 Å². The lowest BCUT2D eigenvalue weighted by molar-refractivity contribution is 0.0682. The van der Waals surface area contributed by atoms with Crippen LogP contribution in [0.2, 0.25) is 0 Å². The van der Waals surface area contributed by atoms with Gasteiger partial charge in [-0.05, 0) is 38.1 Å². The molecular weight excluding hydrogens is 310 g/mol. The highest BCUT2D eigenvalue weighted by molar-refractivity contribution is 7.13. The van der Waals surface area contributed by atoms with Gasteiger partial charge in [0.05, 0.1) is 18.5 Å². The molecule has 0 spiro atoms. The van der Waals surface area contributed by atoms with E-state index in [-0.39, 0.29) is 11.9 Å². The van der Waals surface area contributed by atoms with Crippen molar-refractivity contribution in [2.45, 2.75) is 26.4 Å². The highest BCUT2D eigenvalue weighted by atomic mass is 32.1. The van der Waals surface area contributed by atoms with E-state index in [0.717, 1.165) is 5.69 Å². The summed E-state index contributed by atoms with van der Waals surface area (Å²) in [4.78, 5) is 23.3. The molecule has 0 aromatic carbocycles. The molecule has 0 N–H and O–H groups in total. The maximum absolute atomic E-state index is 12.8. The van der Waals surface area contributed by atoms with Crippen molar-refractivity contribution in [1.29, 1.82) is 0 Å². The number of hydrogen-bond donors (Lipinski definition) is 0. The summed E-state index contributed by atoms with van der Waals surface area (Å²) in [5, 5.41) is 2.48. The highest BCUT2D eigenvalue weighted by Crippen LogP contribution is 2.25. The molecule has 23 heavy (non-hydrogen) atoms. The Kier molecular flexibility index (Phi) is 4.52. The van der Waals surface area contributed by atoms with Crippen LogP contribution in [-0.4, -0.2) is 26.8 Å². The van der Waals surface area contributed by atoms with Crippen molar-refractivity contribution in [2.75, 3.05) is 0 Å². The number of thiazole rings is 1. The Morgan fingerprint density at radius 3 is 2.83 bits per heavy atom. The average molecular weight is 327 g/mol. The van der Waals surface area contributed by atoms with Crippen molar-refractivity contribution in [3.8, 4) is 10.8 Å². The lowest BCUT2D eigenvalue weighted by Crippen LogP contribution is -2.36. The number of hydrogen-bond acceptors (Lipinski definition) is 5. The fourth-order valence-corrected chi connectivity index (χ4v) is 2.95. The average Bonchev–Trinajstić information content (AvgIpc) is 3.23. The SMILES string of the molecule is CC(C)N(Cc1ccccn1)C(=O)c1csc(-c2ccco2)n1. The van der Waals surface area contributed by atoms with E-state index >= 15 is 0 Å². The molecule has 6 heteroatoms. The Morgan fingerprint density at radius 2 is 2.17 bits per heavy atom. The number of carbonyl (C=O) groups excluding carboxylic acids is 1. The number of carbonyl (C=O) groups is 1. The summed E-state index contributed by atoms with van der Waals surface area (Å²) in [6.07, 6.45) is 3.33. The molecule has 5 nitrogen and oxygen atoms in total. The van der Waals surface area contributed by atoms with Crippen molar-refractivity contribution in [1.82, 2.24) is 14.9 Å². The highest BCUT2D eigenvalue weighted by Gasteiger charge is 2.22. The number of amides is 1. The summed E-state index contributed by atoms with van der Waals surface area (Å²) in [5.74, 6) is 0.578. The summed E-state index contributed by atoms with van der Waals surface area (Å²) in [6, 6.07) is 9.39. The van der Waals surface area contributed by atoms with Crippen molar-refractivity contribution in [3.63, 3.8) is 0 Å². The smallest absolute Gasteiger partial charge is 0.273 e. The van der Waals surface area contributed by atoms with Crippen molar-refractivity contribution in [3.05, 3.63) is 59.6 Å². The Morgan fingerprint density at radius 1 is 1.30 bits per heavy atom. The Bertz CT molecular complexity index is 766. The molecule has 0 unspecified atom stereocenters. The second kappa shape index (κ2) is 6.75. The van der Waals surface area contributed by atoms with E-state index in [1.807, 2.05) is 38.1 Å². The van der Waals surface area contributed by atoms with Gasteiger partial charge in [0.25, 0.3) is 5.91 Å². The molecule has 0 saturated heterocycles. The van der Waals surface area contributed by atoms with E-state index in [2.05, 4.69) is 9.97 Å². The molecule has 0 bridgehead atoms. The van der Waals surface area contributed by atoms with Gasteiger partial charge in [0.1, 0.15) is 5.69 Å². The molecule has 0 fully saturated rings. The first-order valence-electron chi connectivity index (χ1n) is 7.35. The topological polar surface area (TPSA) is 59.2 Å². The normalized spacial score (nSPS) is 10.9. The zero-order valence-electron chi connectivity index (χ0n) is 13.0. The van der Waals surface area contributed by atoms with Gasteiger partial charge in [-0.1, -0.05) is 6.07 Å². The van der Waals surface area contributed by atoms with Gasteiger partial charge in [-0.3, -0.25) is 9.78 Å². The van der Waals surface area contributed by atoms with Crippen molar-refractivity contribution >= 4 is 17.2 Å². The number of furan rings is 1. The molecular formula is C17H17N3O2S. The van der Waals surface area contributed by atoms with Gasteiger partial charge >= 0.3 is 0 Å². The molecule has 118 valence electrons. The summed E-state index contributed by atoms with van der Waals surface area (Å²) < 4.78 is 5.33. The molecule has 3 rings (SSSR count). The van der Waals surface area contributed by atoms with Crippen LogP contribution in [0.5, 0.6) is 0 Å². The van der Waals surface area contributed by atoms with Gasteiger partial charge in [0.15, 0.2) is 10.8 Å². The molecule has 3 heterocycles. The van der Waals surface area contributed by atoms with Gasteiger partial charge in [0.2, 0.25) is 0 Å². The van der Waals surface area contributed by atoms with Crippen LogP contribution in [0.4, 0.5) is 0 Å². The molecule has 0 saturated carbocycles. The Balaban J connectivity index is 1.81. The summed E-state index contributed by atoms with van der Waals surface area (Å²) in [6.45, 7) is 4.44. The van der Waals surface area contributed by atoms with E-state index < -0.39 is 0 Å². The summed E-state index contributed by atoms with van der Waals surface area (Å²) in [5.41, 5.74) is 1.29. The van der Waals surface area contributed by atoms with E-state index in [9.17, 15) is 4.79 Å². The minimum absolute atomic E-state index is 0.0540. The zero-order chi connectivity index (χ0) is 16.2. The number of nitrogens with zero attached hydrogens (tertiary/aromatic N) is 3. The molecule has 3 aromatic heterocycles. The van der Waals surface area contributed by atoms with Crippen molar-refractivity contribution in [2.24, 2.45) is 0 Å². The van der Waals surface area contributed by atoms with Gasteiger partial charge in [0, 0.05) is 17.6 Å². The maximum Gasteiger partial charge on any atom is 0.273 e. The van der Waals surface area contributed by atoms with Crippen LogP contribution < -0.4 is 0 Å². The van der Waals surface area contributed by atoms with Gasteiger partial charge in [-0.15, -0.1) is 11.3 Å². The number of aromatic nitrogens is 2. The molecule has 1 amide bonds. The van der Waals surface area contributed by atoms with Crippen LogP contribution in [0, 0.1) is 0 Å². The van der Waals surface area contributed by atoms with Crippen LogP contribution in [0.3, 0.4) is 0 Å². The first-order valence-corrected chi connectivity index (χ1v) is 8.23. The monoisotopic (exact) mass is 327 g/mol. The lowest BCUT2D eigenvalue weighted by Gasteiger charge is -2.25. The first-order chi connectivity index (χ1) is 11.1. The van der Waals surface area contributed by atoms with Gasteiger partial charge in [-0.2, -0.15) is 0 Å². The molecule has 0 aliphatic carbocycles. The third-order valence-electron chi connectivity index (χ3n) is 3.40.